The van der Waals surface area contributed by atoms with Crippen molar-refractivity contribution in [2.45, 2.75) is 0 Å². The highest BCUT2D eigenvalue weighted by Gasteiger charge is 2.05. The van der Waals surface area contributed by atoms with Crippen LogP contribution in [-0.2, 0) is 0 Å². The Morgan fingerprint density at radius 3 is 2.93 bits per heavy atom. The van der Waals surface area contributed by atoms with E-state index in [9.17, 15) is 0 Å². The van der Waals surface area contributed by atoms with Crippen LogP contribution in [0.4, 0.5) is 0 Å². The first-order valence-corrected chi connectivity index (χ1v) is 6.09. The summed E-state index contributed by atoms with van der Waals surface area (Å²) in [6.07, 6.45) is 3.97. The first-order chi connectivity index (χ1) is 7.33. The fourth-order valence-corrected chi connectivity index (χ4v) is 2.33. The van der Waals surface area contributed by atoms with Crippen LogP contribution >= 0.6 is 27.3 Å². The summed E-state index contributed by atoms with van der Waals surface area (Å²) in [5.74, 6) is 0. The van der Waals surface area contributed by atoms with Crippen molar-refractivity contribution in [1.82, 2.24) is 14.4 Å². The van der Waals surface area contributed by atoms with Gasteiger partial charge < -0.3 is 4.40 Å². The Kier molecular flexibility index (Phi) is 2.07. The lowest BCUT2D eigenvalue weighted by Gasteiger charge is -1.91. The van der Waals surface area contributed by atoms with Crippen molar-refractivity contribution >= 4 is 32.9 Å². The smallest absolute Gasteiger partial charge is 0.137 e. The van der Waals surface area contributed by atoms with Gasteiger partial charge in [-0.2, -0.15) is 0 Å². The Morgan fingerprint density at radius 2 is 2.13 bits per heavy atom. The first kappa shape index (κ1) is 9.06. The molecule has 0 amide bonds. The highest BCUT2D eigenvalue weighted by Crippen LogP contribution is 2.20. The van der Waals surface area contributed by atoms with E-state index < -0.39 is 0 Å². The predicted octanol–water partition coefficient (Wildman–Crippen LogP) is 3.22. The quantitative estimate of drug-likeness (QED) is 0.685. The van der Waals surface area contributed by atoms with E-state index in [4.69, 9.17) is 0 Å². The van der Waals surface area contributed by atoms with E-state index in [-0.39, 0.29) is 0 Å². The standard InChI is InChI=1S/C10H6BrN3S/c11-7-1-2-10-13-8(4-14(10)3-7)9-5-15-6-12-9/h1-6H. The van der Waals surface area contributed by atoms with Gasteiger partial charge in [-0.25, -0.2) is 9.97 Å². The number of rotatable bonds is 1. The molecule has 0 bridgehead atoms. The third-order valence-electron chi connectivity index (χ3n) is 2.11. The molecule has 0 aliphatic rings. The summed E-state index contributed by atoms with van der Waals surface area (Å²) in [6, 6.07) is 3.95. The zero-order valence-electron chi connectivity index (χ0n) is 7.59. The van der Waals surface area contributed by atoms with E-state index in [1.54, 1.807) is 11.3 Å². The van der Waals surface area contributed by atoms with Gasteiger partial charge in [-0.05, 0) is 28.1 Å². The van der Waals surface area contributed by atoms with Gasteiger partial charge in [0.25, 0.3) is 0 Å². The van der Waals surface area contributed by atoms with Gasteiger partial charge in [0.15, 0.2) is 0 Å². The van der Waals surface area contributed by atoms with Gasteiger partial charge in [-0.3, -0.25) is 0 Å². The van der Waals surface area contributed by atoms with Crippen LogP contribution in [0.5, 0.6) is 0 Å². The minimum Gasteiger partial charge on any atom is -0.305 e. The van der Waals surface area contributed by atoms with Gasteiger partial charge in [0.2, 0.25) is 0 Å². The molecule has 0 saturated heterocycles. The molecule has 3 aromatic rings. The molecule has 3 rings (SSSR count). The van der Waals surface area contributed by atoms with Crippen molar-refractivity contribution in [3.8, 4) is 11.4 Å². The molecule has 0 N–H and O–H groups in total. The summed E-state index contributed by atoms with van der Waals surface area (Å²) in [6.45, 7) is 0. The Hall–Kier alpha value is -1.20. The highest BCUT2D eigenvalue weighted by atomic mass is 79.9. The number of hydrogen-bond donors (Lipinski definition) is 0. The van der Waals surface area contributed by atoms with Gasteiger partial charge in [-0.1, -0.05) is 0 Å². The van der Waals surface area contributed by atoms with E-state index in [1.807, 2.05) is 39.8 Å². The number of hydrogen-bond acceptors (Lipinski definition) is 3. The zero-order chi connectivity index (χ0) is 10.3. The molecule has 3 aromatic heterocycles. The average Bonchev–Trinajstić information content (AvgIpc) is 2.84. The Balaban J connectivity index is 2.22. The summed E-state index contributed by atoms with van der Waals surface area (Å²) in [5, 5.41) is 2.00. The summed E-state index contributed by atoms with van der Waals surface area (Å²) in [5.41, 5.74) is 4.59. The lowest BCUT2D eigenvalue weighted by Crippen LogP contribution is -1.80. The number of imidazole rings is 1. The SMILES string of the molecule is Brc1ccc2nc(-c3cscn3)cn2c1. The minimum atomic E-state index is 0.911. The van der Waals surface area contributed by atoms with Crippen molar-refractivity contribution in [2.24, 2.45) is 0 Å². The Bertz CT molecular complexity index is 600. The fourth-order valence-electron chi connectivity index (χ4n) is 1.43. The lowest BCUT2D eigenvalue weighted by atomic mass is 10.4. The molecule has 0 radical (unpaired) electrons. The molecule has 0 aromatic carbocycles. The number of nitrogens with zero attached hydrogens (tertiary/aromatic N) is 3. The topological polar surface area (TPSA) is 30.2 Å². The molecule has 3 heterocycles. The number of pyridine rings is 1. The fraction of sp³-hybridized carbons (Fsp3) is 0. The molecule has 0 fully saturated rings. The molecule has 0 unspecified atom stereocenters. The second kappa shape index (κ2) is 3.43. The van der Waals surface area contributed by atoms with Crippen LogP contribution in [-0.4, -0.2) is 14.4 Å². The van der Waals surface area contributed by atoms with Gasteiger partial charge in [0.05, 0.1) is 5.51 Å². The van der Waals surface area contributed by atoms with Gasteiger partial charge in [0.1, 0.15) is 17.0 Å². The largest absolute Gasteiger partial charge is 0.305 e. The van der Waals surface area contributed by atoms with E-state index in [0.29, 0.717) is 0 Å². The molecule has 74 valence electrons. The van der Waals surface area contributed by atoms with Crippen molar-refractivity contribution in [1.29, 1.82) is 0 Å². The number of fused-ring (bicyclic) bond motifs is 1. The van der Waals surface area contributed by atoms with E-state index >= 15 is 0 Å². The van der Waals surface area contributed by atoms with Crippen molar-refractivity contribution in [2.75, 3.05) is 0 Å². The number of aromatic nitrogens is 3. The average molecular weight is 280 g/mol. The second-order valence-corrected chi connectivity index (χ2v) is 4.75. The summed E-state index contributed by atoms with van der Waals surface area (Å²) in [7, 11) is 0. The Labute approximate surface area is 98.6 Å². The van der Waals surface area contributed by atoms with Gasteiger partial charge in [-0.15, -0.1) is 11.3 Å². The summed E-state index contributed by atoms with van der Waals surface area (Å²) < 4.78 is 3.02. The number of thiazole rings is 1. The highest BCUT2D eigenvalue weighted by molar-refractivity contribution is 9.10. The number of halogens is 1. The third-order valence-corrected chi connectivity index (χ3v) is 3.17. The molecule has 5 heteroatoms. The second-order valence-electron chi connectivity index (χ2n) is 3.11. The maximum absolute atomic E-state index is 4.48. The predicted molar refractivity (Wildman–Crippen MR) is 64.0 cm³/mol. The molecule has 15 heavy (non-hydrogen) atoms. The minimum absolute atomic E-state index is 0.911. The van der Waals surface area contributed by atoms with E-state index in [0.717, 1.165) is 21.5 Å². The molecular weight excluding hydrogens is 274 g/mol. The molecule has 0 aliphatic heterocycles. The molecule has 3 nitrogen and oxygen atoms in total. The first-order valence-electron chi connectivity index (χ1n) is 4.36. The zero-order valence-corrected chi connectivity index (χ0v) is 9.99. The van der Waals surface area contributed by atoms with Gasteiger partial charge >= 0.3 is 0 Å². The van der Waals surface area contributed by atoms with Crippen molar-refractivity contribution < 1.29 is 0 Å². The van der Waals surface area contributed by atoms with Crippen LogP contribution in [0.1, 0.15) is 0 Å². The molecular formula is C10H6BrN3S. The lowest BCUT2D eigenvalue weighted by molar-refractivity contribution is 1.17. The monoisotopic (exact) mass is 279 g/mol. The van der Waals surface area contributed by atoms with E-state index in [1.165, 1.54) is 0 Å². The van der Waals surface area contributed by atoms with Crippen LogP contribution in [0.3, 0.4) is 0 Å². The van der Waals surface area contributed by atoms with Crippen LogP contribution in [0.15, 0.2) is 39.9 Å². The van der Waals surface area contributed by atoms with Crippen molar-refractivity contribution in [3.05, 3.63) is 39.9 Å². The summed E-state index contributed by atoms with van der Waals surface area (Å²) >= 11 is 5.01. The van der Waals surface area contributed by atoms with Crippen LogP contribution in [0, 0.1) is 0 Å². The maximum Gasteiger partial charge on any atom is 0.137 e. The van der Waals surface area contributed by atoms with Gasteiger partial charge in [0, 0.05) is 22.2 Å². The third kappa shape index (κ3) is 1.57. The van der Waals surface area contributed by atoms with Crippen LogP contribution in [0.25, 0.3) is 17.0 Å². The molecule has 0 atom stereocenters. The van der Waals surface area contributed by atoms with E-state index in [2.05, 4.69) is 25.9 Å². The summed E-state index contributed by atoms with van der Waals surface area (Å²) in [4.78, 5) is 8.72. The van der Waals surface area contributed by atoms with Crippen LogP contribution < -0.4 is 0 Å². The maximum atomic E-state index is 4.48. The van der Waals surface area contributed by atoms with Crippen LogP contribution in [0.2, 0.25) is 0 Å². The molecule has 0 saturated carbocycles. The molecule has 0 spiro atoms. The normalized spacial score (nSPS) is 11.0. The van der Waals surface area contributed by atoms with Crippen molar-refractivity contribution in [3.63, 3.8) is 0 Å². The Morgan fingerprint density at radius 1 is 1.20 bits per heavy atom. The molecule has 0 aliphatic carbocycles.